The lowest BCUT2D eigenvalue weighted by Crippen LogP contribution is -2.06. The summed E-state index contributed by atoms with van der Waals surface area (Å²) in [5.41, 5.74) is 0. The van der Waals surface area contributed by atoms with Gasteiger partial charge in [-0.25, -0.2) is 0 Å². The molecule has 0 aliphatic heterocycles. The quantitative estimate of drug-likeness (QED) is 0.647. The van der Waals surface area contributed by atoms with Crippen LogP contribution in [0.4, 0.5) is 0 Å². The van der Waals surface area contributed by atoms with Crippen molar-refractivity contribution >= 4 is 5.97 Å². The maximum Gasteiger partial charge on any atom is 0.303 e. The van der Waals surface area contributed by atoms with Crippen molar-refractivity contribution in [3.05, 3.63) is 0 Å². The minimum Gasteiger partial charge on any atom is -0.481 e. The van der Waals surface area contributed by atoms with Crippen LogP contribution in [0.3, 0.4) is 0 Å². The van der Waals surface area contributed by atoms with E-state index in [0.29, 0.717) is 12.3 Å². The highest BCUT2D eigenvalue weighted by atomic mass is 16.4. The maximum atomic E-state index is 10.5. The molecule has 0 spiro atoms. The molecule has 2 heteroatoms. The van der Waals surface area contributed by atoms with Crippen LogP contribution in [0.5, 0.6) is 0 Å². The second-order valence-electron chi connectivity index (χ2n) is 4.08. The Kier molecular flexibility index (Phi) is 3.57. The van der Waals surface area contributed by atoms with E-state index in [9.17, 15) is 4.79 Å². The van der Waals surface area contributed by atoms with Crippen molar-refractivity contribution in [1.82, 2.24) is 0 Å². The molecule has 1 N–H and O–H groups in total. The first kappa shape index (κ1) is 9.56. The highest BCUT2D eigenvalue weighted by Gasteiger charge is 2.18. The number of carboxylic acids is 1. The monoisotopic (exact) mass is 170 g/mol. The van der Waals surface area contributed by atoms with Gasteiger partial charge in [-0.05, 0) is 24.7 Å². The van der Waals surface area contributed by atoms with Gasteiger partial charge >= 0.3 is 5.97 Å². The van der Waals surface area contributed by atoms with E-state index >= 15 is 0 Å². The highest BCUT2D eigenvalue weighted by molar-refractivity contribution is 5.66. The Bertz CT molecular complexity index is 154. The Labute approximate surface area is 74.0 Å². The summed E-state index contributed by atoms with van der Waals surface area (Å²) in [4.78, 5) is 10.5. The highest BCUT2D eigenvalue weighted by Crippen LogP contribution is 2.28. The topological polar surface area (TPSA) is 37.3 Å². The lowest BCUT2D eigenvalue weighted by Gasteiger charge is -2.10. The molecular formula is C10H18O2. The third-order valence-corrected chi connectivity index (χ3v) is 2.84. The van der Waals surface area contributed by atoms with Crippen molar-refractivity contribution in [3.63, 3.8) is 0 Å². The standard InChI is InChI=1S/C10H18O2/c1-8-3-2-4-9(6-5-8)7-10(11)12/h8-9H,2-7H2,1H3,(H,11,12). The average Bonchev–Trinajstić information content (AvgIpc) is 2.15. The first-order valence-corrected chi connectivity index (χ1v) is 4.90. The number of carboxylic acid groups (broad SMARTS) is 1. The number of rotatable bonds is 2. The molecule has 2 atom stereocenters. The zero-order valence-electron chi connectivity index (χ0n) is 7.75. The molecular weight excluding hydrogens is 152 g/mol. The smallest absolute Gasteiger partial charge is 0.303 e. The molecule has 0 aromatic heterocycles. The number of hydrogen-bond donors (Lipinski definition) is 1. The van der Waals surface area contributed by atoms with Gasteiger partial charge in [0.15, 0.2) is 0 Å². The summed E-state index contributed by atoms with van der Waals surface area (Å²) in [7, 11) is 0. The van der Waals surface area contributed by atoms with Crippen molar-refractivity contribution in [3.8, 4) is 0 Å². The van der Waals surface area contributed by atoms with Crippen LogP contribution in [0.15, 0.2) is 0 Å². The van der Waals surface area contributed by atoms with Gasteiger partial charge in [0.2, 0.25) is 0 Å². The molecule has 1 saturated carbocycles. The molecule has 0 aromatic rings. The normalized spacial score (nSPS) is 31.1. The fraction of sp³-hybridized carbons (Fsp3) is 0.900. The first-order chi connectivity index (χ1) is 5.68. The average molecular weight is 170 g/mol. The second-order valence-corrected chi connectivity index (χ2v) is 4.08. The zero-order valence-corrected chi connectivity index (χ0v) is 7.75. The van der Waals surface area contributed by atoms with Gasteiger partial charge in [-0.1, -0.05) is 26.2 Å². The lowest BCUT2D eigenvalue weighted by atomic mass is 9.96. The molecule has 12 heavy (non-hydrogen) atoms. The Hall–Kier alpha value is -0.530. The molecule has 1 aliphatic carbocycles. The van der Waals surface area contributed by atoms with Gasteiger partial charge in [0, 0.05) is 6.42 Å². The summed E-state index contributed by atoms with van der Waals surface area (Å²) < 4.78 is 0. The Balaban J connectivity index is 2.30. The van der Waals surface area contributed by atoms with Crippen LogP contribution in [0.2, 0.25) is 0 Å². The first-order valence-electron chi connectivity index (χ1n) is 4.90. The molecule has 0 saturated heterocycles. The molecule has 0 heterocycles. The van der Waals surface area contributed by atoms with E-state index in [-0.39, 0.29) is 0 Å². The van der Waals surface area contributed by atoms with Gasteiger partial charge in [-0.15, -0.1) is 0 Å². The largest absolute Gasteiger partial charge is 0.481 e. The van der Waals surface area contributed by atoms with E-state index < -0.39 is 5.97 Å². The van der Waals surface area contributed by atoms with Crippen molar-refractivity contribution in [2.24, 2.45) is 11.8 Å². The van der Waals surface area contributed by atoms with Crippen molar-refractivity contribution in [2.45, 2.75) is 45.4 Å². The Morgan fingerprint density at radius 1 is 1.33 bits per heavy atom. The minimum absolute atomic E-state index is 0.382. The second kappa shape index (κ2) is 4.48. The fourth-order valence-electron chi connectivity index (χ4n) is 2.01. The van der Waals surface area contributed by atoms with E-state index in [4.69, 9.17) is 5.11 Å². The third kappa shape index (κ3) is 3.24. The summed E-state index contributed by atoms with van der Waals surface area (Å²) in [5.74, 6) is 0.630. The van der Waals surface area contributed by atoms with Crippen molar-refractivity contribution in [2.75, 3.05) is 0 Å². The van der Waals surface area contributed by atoms with Crippen LogP contribution in [-0.4, -0.2) is 11.1 Å². The SMILES string of the molecule is CC1CCCC(CC(=O)O)CC1. The van der Waals surface area contributed by atoms with Crippen LogP contribution in [-0.2, 0) is 4.79 Å². The molecule has 2 unspecified atom stereocenters. The van der Waals surface area contributed by atoms with Crippen LogP contribution >= 0.6 is 0 Å². The Morgan fingerprint density at radius 2 is 2.08 bits per heavy atom. The fourth-order valence-corrected chi connectivity index (χ4v) is 2.01. The summed E-state index contributed by atoms with van der Waals surface area (Å²) in [6.07, 6.45) is 6.35. The van der Waals surface area contributed by atoms with Gasteiger partial charge < -0.3 is 5.11 Å². The van der Waals surface area contributed by atoms with E-state index in [1.807, 2.05) is 0 Å². The molecule has 2 nitrogen and oxygen atoms in total. The van der Waals surface area contributed by atoms with Gasteiger partial charge in [0.05, 0.1) is 0 Å². The van der Waals surface area contributed by atoms with Crippen molar-refractivity contribution in [1.29, 1.82) is 0 Å². The minimum atomic E-state index is -0.630. The number of hydrogen-bond acceptors (Lipinski definition) is 1. The molecule has 1 fully saturated rings. The summed E-state index contributed by atoms with van der Waals surface area (Å²) in [5, 5.41) is 8.62. The zero-order chi connectivity index (χ0) is 8.97. The summed E-state index contributed by atoms with van der Waals surface area (Å²) in [6, 6.07) is 0. The van der Waals surface area contributed by atoms with Crippen LogP contribution < -0.4 is 0 Å². The van der Waals surface area contributed by atoms with Crippen LogP contribution in [0.25, 0.3) is 0 Å². The van der Waals surface area contributed by atoms with Crippen LogP contribution in [0, 0.1) is 11.8 Å². The van der Waals surface area contributed by atoms with Gasteiger partial charge in [-0.3, -0.25) is 4.79 Å². The molecule has 0 amide bonds. The van der Waals surface area contributed by atoms with E-state index in [2.05, 4.69) is 6.92 Å². The van der Waals surface area contributed by atoms with Crippen LogP contribution in [0.1, 0.15) is 45.4 Å². The van der Waals surface area contributed by atoms with E-state index in [1.165, 1.54) is 19.3 Å². The summed E-state index contributed by atoms with van der Waals surface area (Å²) in [6.45, 7) is 2.27. The van der Waals surface area contributed by atoms with Gasteiger partial charge in [0.25, 0.3) is 0 Å². The Morgan fingerprint density at radius 3 is 2.75 bits per heavy atom. The maximum absolute atomic E-state index is 10.5. The van der Waals surface area contributed by atoms with E-state index in [1.54, 1.807) is 0 Å². The predicted octanol–water partition coefficient (Wildman–Crippen LogP) is 2.68. The van der Waals surface area contributed by atoms with Gasteiger partial charge in [-0.2, -0.15) is 0 Å². The molecule has 1 rings (SSSR count). The molecule has 0 radical (unpaired) electrons. The van der Waals surface area contributed by atoms with Gasteiger partial charge in [0.1, 0.15) is 0 Å². The summed E-state index contributed by atoms with van der Waals surface area (Å²) >= 11 is 0. The molecule has 0 aromatic carbocycles. The van der Waals surface area contributed by atoms with Crippen molar-refractivity contribution < 1.29 is 9.90 Å². The number of aliphatic carboxylic acids is 1. The number of carbonyl (C=O) groups is 1. The van der Waals surface area contributed by atoms with E-state index in [0.717, 1.165) is 18.8 Å². The molecule has 70 valence electrons. The molecule has 0 bridgehead atoms. The predicted molar refractivity (Wildman–Crippen MR) is 48.0 cm³/mol. The molecule has 1 aliphatic rings. The lowest BCUT2D eigenvalue weighted by molar-refractivity contribution is -0.138. The third-order valence-electron chi connectivity index (χ3n) is 2.84.